The van der Waals surface area contributed by atoms with E-state index in [9.17, 15) is 5.11 Å². The third-order valence-corrected chi connectivity index (χ3v) is 4.59. The average molecular weight is 377 g/mol. The Labute approximate surface area is 147 Å². The highest BCUT2D eigenvalue weighted by Crippen LogP contribution is 2.29. The first-order valence-corrected chi connectivity index (χ1v) is 8.96. The van der Waals surface area contributed by atoms with Gasteiger partial charge < -0.3 is 9.84 Å². The second-order valence-corrected chi connectivity index (χ2v) is 6.98. The maximum Gasteiger partial charge on any atom is 0.122 e. The van der Waals surface area contributed by atoms with Crippen molar-refractivity contribution in [2.24, 2.45) is 0 Å². The Morgan fingerprint density at radius 3 is 2.96 bits per heavy atom. The van der Waals surface area contributed by atoms with E-state index in [1.54, 1.807) is 6.07 Å². The Hall–Kier alpha value is -1.32. The number of phenolic OH excluding ortho intramolecular Hbond substituents is 1. The van der Waals surface area contributed by atoms with Crippen LogP contribution >= 0.6 is 15.9 Å². The van der Waals surface area contributed by atoms with Gasteiger partial charge in [0, 0.05) is 10.0 Å². The van der Waals surface area contributed by atoms with Crippen molar-refractivity contribution in [3.63, 3.8) is 0 Å². The molecular formula is C20H25BrO2. The van der Waals surface area contributed by atoms with Crippen molar-refractivity contribution >= 4 is 22.0 Å². The van der Waals surface area contributed by atoms with Crippen molar-refractivity contribution in [1.29, 1.82) is 0 Å². The van der Waals surface area contributed by atoms with E-state index in [-0.39, 0.29) is 6.10 Å². The fraction of sp³-hybridized carbons (Fsp3) is 0.400. The van der Waals surface area contributed by atoms with E-state index in [2.05, 4.69) is 42.4 Å². The van der Waals surface area contributed by atoms with Gasteiger partial charge in [-0.15, -0.1) is 0 Å². The molecule has 0 amide bonds. The van der Waals surface area contributed by atoms with E-state index in [0.717, 1.165) is 35.7 Å². The van der Waals surface area contributed by atoms with Crippen LogP contribution < -0.4 is 0 Å². The third-order valence-electron chi connectivity index (χ3n) is 4.10. The van der Waals surface area contributed by atoms with Crippen LogP contribution in [-0.4, -0.2) is 17.8 Å². The summed E-state index contributed by atoms with van der Waals surface area (Å²) in [6.45, 7) is 9.16. The quantitative estimate of drug-likeness (QED) is 0.630. The van der Waals surface area contributed by atoms with Gasteiger partial charge in [0.25, 0.3) is 0 Å². The number of phenols is 1. The van der Waals surface area contributed by atoms with Gasteiger partial charge in [-0.1, -0.05) is 53.6 Å². The smallest absolute Gasteiger partial charge is 0.122 e. The molecule has 0 aliphatic carbocycles. The van der Waals surface area contributed by atoms with Gasteiger partial charge in [-0.2, -0.15) is 0 Å². The number of ether oxygens (including phenoxy) is 1. The predicted molar refractivity (Wildman–Crippen MR) is 101 cm³/mol. The van der Waals surface area contributed by atoms with E-state index in [1.807, 2.05) is 18.2 Å². The lowest BCUT2D eigenvalue weighted by Gasteiger charge is -2.16. The fourth-order valence-electron chi connectivity index (χ4n) is 2.87. The van der Waals surface area contributed by atoms with Gasteiger partial charge in [0.15, 0.2) is 0 Å². The molecule has 2 rings (SSSR count). The molecule has 23 heavy (non-hydrogen) atoms. The summed E-state index contributed by atoms with van der Waals surface area (Å²) in [7, 11) is 0. The summed E-state index contributed by atoms with van der Waals surface area (Å²) in [6.07, 6.45) is 8.41. The van der Waals surface area contributed by atoms with E-state index >= 15 is 0 Å². The Kier molecular flexibility index (Phi) is 6.67. The number of rotatable bonds is 7. The first-order valence-electron chi connectivity index (χ1n) is 8.16. The number of allylic oxidation sites excluding steroid dienone is 1. The van der Waals surface area contributed by atoms with E-state index < -0.39 is 0 Å². The Morgan fingerprint density at radius 1 is 1.43 bits per heavy atom. The molecule has 1 heterocycles. The minimum absolute atomic E-state index is 0.161. The van der Waals surface area contributed by atoms with E-state index in [4.69, 9.17) is 4.74 Å². The second-order valence-electron chi connectivity index (χ2n) is 6.07. The number of benzene rings is 1. The van der Waals surface area contributed by atoms with Crippen LogP contribution in [0.4, 0.5) is 0 Å². The van der Waals surface area contributed by atoms with Crippen LogP contribution in [0.5, 0.6) is 5.75 Å². The van der Waals surface area contributed by atoms with Crippen LogP contribution in [0.2, 0.25) is 0 Å². The first-order chi connectivity index (χ1) is 11.0. The number of aromatic hydroxyl groups is 1. The van der Waals surface area contributed by atoms with Crippen molar-refractivity contribution < 1.29 is 9.84 Å². The van der Waals surface area contributed by atoms with Gasteiger partial charge in [0.2, 0.25) is 0 Å². The van der Waals surface area contributed by atoms with Crippen LogP contribution in [0, 0.1) is 0 Å². The summed E-state index contributed by atoms with van der Waals surface area (Å²) in [5.41, 5.74) is 4.57. The summed E-state index contributed by atoms with van der Waals surface area (Å²) >= 11 is 3.44. The lowest BCUT2D eigenvalue weighted by molar-refractivity contribution is 0.116. The largest absolute Gasteiger partial charge is 0.507 e. The molecule has 1 atom stereocenters. The normalized spacial score (nSPS) is 18.1. The topological polar surface area (TPSA) is 29.5 Å². The highest BCUT2D eigenvalue weighted by Gasteiger charge is 2.21. The molecule has 1 N–H and O–H groups in total. The molecule has 0 saturated heterocycles. The first kappa shape index (κ1) is 18.0. The van der Waals surface area contributed by atoms with Crippen LogP contribution in [0.1, 0.15) is 45.1 Å². The summed E-state index contributed by atoms with van der Waals surface area (Å²) in [6, 6.07) is 5.48. The minimum Gasteiger partial charge on any atom is -0.507 e. The van der Waals surface area contributed by atoms with Gasteiger partial charge in [-0.3, -0.25) is 0 Å². The highest BCUT2D eigenvalue weighted by atomic mass is 79.9. The van der Waals surface area contributed by atoms with E-state index in [1.165, 1.54) is 16.7 Å². The van der Waals surface area contributed by atoms with Crippen LogP contribution in [-0.2, 0) is 4.74 Å². The molecule has 0 bridgehead atoms. The van der Waals surface area contributed by atoms with Gasteiger partial charge in [-0.25, -0.2) is 0 Å². The molecule has 1 unspecified atom stereocenters. The van der Waals surface area contributed by atoms with Gasteiger partial charge in [0.05, 0.1) is 12.7 Å². The molecule has 124 valence electrons. The molecule has 1 aromatic carbocycles. The summed E-state index contributed by atoms with van der Waals surface area (Å²) in [4.78, 5) is 0. The molecule has 0 radical (unpaired) electrons. The van der Waals surface area contributed by atoms with Gasteiger partial charge >= 0.3 is 0 Å². The van der Waals surface area contributed by atoms with Crippen molar-refractivity contribution in [1.82, 2.24) is 0 Å². The number of halogens is 1. The summed E-state index contributed by atoms with van der Waals surface area (Å²) in [5, 5.41) is 9.93. The van der Waals surface area contributed by atoms with Crippen LogP contribution in [0.3, 0.4) is 0 Å². The molecule has 0 fully saturated rings. The number of hydrogen-bond acceptors (Lipinski definition) is 2. The second kappa shape index (κ2) is 8.51. The molecule has 1 aromatic rings. The molecule has 0 aromatic heterocycles. The third kappa shape index (κ3) is 5.08. The molecule has 0 saturated carbocycles. The molecule has 1 aliphatic heterocycles. The summed E-state index contributed by atoms with van der Waals surface area (Å²) < 4.78 is 6.81. The van der Waals surface area contributed by atoms with Crippen molar-refractivity contribution in [3.8, 4) is 5.75 Å². The maximum absolute atomic E-state index is 9.93. The highest BCUT2D eigenvalue weighted by molar-refractivity contribution is 9.10. The van der Waals surface area contributed by atoms with Gasteiger partial charge in [-0.05, 0) is 55.5 Å². The van der Waals surface area contributed by atoms with Crippen LogP contribution in [0.15, 0.2) is 52.0 Å². The standard InChI is InChI=1S/C20H25BrO2/c1-4-5-15(3)18-10-11-23-20(18)9-6-14(2)12-16-13-17(21)7-8-19(16)22/h7-8,10,12-13,20,22H,3-6,9,11H2,1-2H3/b14-12+. The predicted octanol–water partition coefficient (Wildman–Crippen LogP) is 6.02. The zero-order chi connectivity index (χ0) is 16.8. The fourth-order valence-corrected chi connectivity index (χ4v) is 3.25. The zero-order valence-corrected chi connectivity index (χ0v) is 15.5. The lowest BCUT2D eigenvalue weighted by Crippen LogP contribution is -2.11. The number of hydrogen-bond donors (Lipinski definition) is 1. The zero-order valence-electron chi connectivity index (χ0n) is 13.9. The Balaban J connectivity index is 1.97. The van der Waals surface area contributed by atoms with Crippen molar-refractivity contribution in [2.75, 3.05) is 6.61 Å². The Bertz CT molecular complexity index is 629. The molecule has 0 spiro atoms. The minimum atomic E-state index is 0.161. The molecule has 1 aliphatic rings. The molecular weight excluding hydrogens is 352 g/mol. The monoisotopic (exact) mass is 376 g/mol. The lowest BCUT2D eigenvalue weighted by atomic mass is 9.95. The summed E-state index contributed by atoms with van der Waals surface area (Å²) in [5.74, 6) is 0.307. The maximum atomic E-state index is 9.93. The van der Waals surface area contributed by atoms with Gasteiger partial charge in [0.1, 0.15) is 5.75 Å². The SMILES string of the molecule is C=C(CCC)C1=CCOC1CC/C(C)=C/c1cc(Br)ccc1O. The van der Waals surface area contributed by atoms with E-state index in [0.29, 0.717) is 12.4 Å². The van der Waals surface area contributed by atoms with Crippen molar-refractivity contribution in [2.45, 2.75) is 45.6 Å². The molecule has 3 heteroatoms. The van der Waals surface area contributed by atoms with Crippen molar-refractivity contribution in [3.05, 3.63) is 57.6 Å². The average Bonchev–Trinajstić information content (AvgIpc) is 2.98. The molecule has 2 nitrogen and oxygen atoms in total. The Morgan fingerprint density at radius 2 is 2.22 bits per heavy atom. The van der Waals surface area contributed by atoms with Crippen LogP contribution in [0.25, 0.3) is 6.08 Å².